The number of carbonyl (C=O) groups is 4. The number of hydrogen-bond donors (Lipinski definition) is 2. The number of halogens is 6. The molecule has 0 atom stereocenters. The molecule has 4 N–H and O–H groups in total. The summed E-state index contributed by atoms with van der Waals surface area (Å²) in [6, 6.07) is 11.4. The lowest BCUT2D eigenvalue weighted by Gasteiger charge is -2.38. The minimum absolute atomic E-state index is 0.409. The molecule has 0 bridgehead atoms. The molecule has 14 heteroatoms. The number of nitrogens with zero attached hydrogens (tertiary/aromatic N) is 2. The maximum Gasteiger partial charge on any atom is 0.411 e. The van der Waals surface area contributed by atoms with Gasteiger partial charge >= 0.3 is 12.4 Å². The first-order chi connectivity index (χ1) is 17.2. The summed E-state index contributed by atoms with van der Waals surface area (Å²) in [6.45, 7) is 0. The third-order valence-electron chi connectivity index (χ3n) is 5.96. The van der Waals surface area contributed by atoms with Crippen LogP contribution in [0.4, 0.5) is 26.3 Å². The monoisotopic (exact) mass is 524 g/mol. The van der Waals surface area contributed by atoms with Crippen LogP contribution in [-0.4, -0.2) is 46.0 Å². The van der Waals surface area contributed by atoms with Crippen LogP contribution in [0.5, 0.6) is 0 Å². The average molecular weight is 524 g/mol. The van der Waals surface area contributed by atoms with Gasteiger partial charge in [-0.15, -0.1) is 0 Å². The van der Waals surface area contributed by atoms with Crippen LogP contribution in [0.2, 0.25) is 0 Å². The first kappa shape index (κ1) is 25.8. The third kappa shape index (κ3) is 3.48. The molecule has 0 saturated carbocycles. The van der Waals surface area contributed by atoms with Crippen LogP contribution >= 0.6 is 0 Å². The molecule has 8 nitrogen and oxygen atoms in total. The fraction of sp³-hybridized carbons (Fsp3) is 0.130. The minimum atomic E-state index is -6.50. The maximum atomic E-state index is 15.0. The Balaban J connectivity index is 2.30. The number of benzene rings is 2. The van der Waals surface area contributed by atoms with Gasteiger partial charge in [0, 0.05) is 0 Å². The normalized spacial score (nSPS) is 17.6. The van der Waals surface area contributed by atoms with Gasteiger partial charge in [-0.05, 0) is 11.1 Å². The number of amides is 4. The molecule has 0 aliphatic carbocycles. The Hall–Kier alpha value is -4.30. The molecule has 0 fully saturated rings. The van der Waals surface area contributed by atoms with Gasteiger partial charge < -0.3 is 0 Å². The lowest BCUT2D eigenvalue weighted by molar-refractivity contribution is -0.309. The van der Waals surface area contributed by atoms with Crippen LogP contribution in [-0.2, 0) is 19.2 Å². The van der Waals surface area contributed by atoms with Gasteiger partial charge in [0.15, 0.2) is 0 Å². The van der Waals surface area contributed by atoms with Crippen molar-refractivity contribution in [2.45, 2.75) is 12.4 Å². The molecular weight excluding hydrogens is 510 g/mol. The fourth-order valence-corrected chi connectivity index (χ4v) is 4.39. The van der Waals surface area contributed by atoms with E-state index in [2.05, 4.69) is 0 Å². The van der Waals surface area contributed by atoms with Gasteiger partial charge in [0.25, 0.3) is 23.6 Å². The quantitative estimate of drug-likeness (QED) is 0.274. The second kappa shape index (κ2) is 8.38. The highest BCUT2D eigenvalue weighted by atomic mass is 19.4. The van der Waals surface area contributed by atoms with Crippen molar-refractivity contribution < 1.29 is 45.5 Å². The lowest BCUT2D eigenvalue weighted by atomic mass is 9.68. The number of carbonyl (C=O) groups excluding carboxylic acids is 4. The fourth-order valence-electron chi connectivity index (χ4n) is 4.39. The molecule has 0 unspecified atom stereocenters. The Morgan fingerprint density at radius 2 is 0.811 bits per heavy atom. The van der Waals surface area contributed by atoms with Crippen molar-refractivity contribution in [1.82, 2.24) is 10.0 Å². The van der Waals surface area contributed by atoms with Crippen molar-refractivity contribution in [3.8, 4) is 0 Å². The van der Waals surface area contributed by atoms with E-state index in [1.807, 2.05) is 0 Å². The summed E-state index contributed by atoms with van der Waals surface area (Å²) in [6.07, 6.45) is -13.0. The molecule has 0 saturated heterocycles. The van der Waals surface area contributed by atoms with Crippen molar-refractivity contribution in [3.63, 3.8) is 0 Å². The van der Waals surface area contributed by atoms with Crippen LogP contribution in [0.15, 0.2) is 71.8 Å². The molecule has 4 amide bonds. The molecule has 2 heterocycles. The van der Waals surface area contributed by atoms with E-state index in [1.54, 1.807) is 0 Å². The van der Waals surface area contributed by atoms with Crippen LogP contribution in [0.3, 0.4) is 0 Å². The van der Waals surface area contributed by atoms with Crippen molar-refractivity contribution in [2.75, 3.05) is 0 Å². The number of nitrogens with two attached hydrogens (primary N) is 2. The van der Waals surface area contributed by atoms with Crippen LogP contribution in [0.25, 0.3) is 11.1 Å². The molecule has 37 heavy (non-hydrogen) atoms. The number of imide groups is 2. The molecule has 2 aromatic rings. The van der Waals surface area contributed by atoms with Crippen LogP contribution < -0.4 is 11.7 Å². The number of hydrazine groups is 2. The van der Waals surface area contributed by atoms with Crippen LogP contribution in [0.1, 0.15) is 11.1 Å². The van der Waals surface area contributed by atoms with E-state index >= 15 is 0 Å². The summed E-state index contributed by atoms with van der Waals surface area (Å²) in [7, 11) is 0. The highest BCUT2D eigenvalue weighted by molar-refractivity contribution is 6.39. The van der Waals surface area contributed by atoms with Gasteiger partial charge in [0.1, 0.15) is 0 Å². The Kier molecular flexibility index (Phi) is 5.84. The summed E-state index contributed by atoms with van der Waals surface area (Å²) in [5, 5.41) is -0.817. The van der Waals surface area contributed by atoms with E-state index in [1.165, 1.54) is 36.4 Å². The third-order valence-corrected chi connectivity index (χ3v) is 5.96. The summed E-state index contributed by atoms with van der Waals surface area (Å²) >= 11 is 0. The Morgan fingerprint density at radius 1 is 0.514 bits per heavy atom. The predicted molar refractivity (Wildman–Crippen MR) is 113 cm³/mol. The molecule has 2 aliphatic rings. The Bertz CT molecular complexity index is 1290. The molecular formula is C23H14F6N4O4. The van der Waals surface area contributed by atoms with E-state index < -0.39 is 84.8 Å². The topological polar surface area (TPSA) is 127 Å². The first-order valence-corrected chi connectivity index (χ1v) is 10.2. The predicted octanol–water partition coefficient (Wildman–Crippen LogP) is 2.49. The molecule has 0 spiro atoms. The molecule has 192 valence electrons. The largest absolute Gasteiger partial charge is 0.411 e. The van der Waals surface area contributed by atoms with E-state index in [9.17, 15) is 45.5 Å². The zero-order valence-electron chi connectivity index (χ0n) is 18.2. The summed E-state index contributed by atoms with van der Waals surface area (Å²) in [5.74, 6) is 2.96. The molecule has 0 aromatic heterocycles. The molecule has 4 rings (SSSR count). The van der Waals surface area contributed by atoms with Gasteiger partial charge in [0.2, 0.25) is 5.41 Å². The van der Waals surface area contributed by atoms with Crippen molar-refractivity contribution >= 4 is 34.8 Å². The Labute approximate surface area is 203 Å². The lowest BCUT2D eigenvalue weighted by Crippen LogP contribution is -2.57. The van der Waals surface area contributed by atoms with E-state index in [4.69, 9.17) is 11.7 Å². The number of hydrogen-bond acceptors (Lipinski definition) is 6. The van der Waals surface area contributed by atoms with Gasteiger partial charge in [-0.2, -0.15) is 26.3 Å². The number of rotatable bonds is 4. The summed E-state index contributed by atoms with van der Waals surface area (Å²) < 4.78 is 89.8. The SMILES string of the molecule is NN1C(=O)C(c2ccccc2)=C(C(C2=C(c3ccccc3)C(=O)N(N)C2=O)(C(F)(F)F)C(F)(F)F)C1=O. The van der Waals surface area contributed by atoms with Crippen molar-refractivity contribution in [2.24, 2.45) is 17.1 Å². The van der Waals surface area contributed by atoms with Gasteiger partial charge in [-0.1, -0.05) is 60.7 Å². The zero-order chi connectivity index (χ0) is 27.5. The van der Waals surface area contributed by atoms with Crippen LogP contribution in [0, 0.1) is 5.41 Å². The smallest absolute Gasteiger partial charge is 0.267 e. The first-order valence-electron chi connectivity index (χ1n) is 10.2. The standard InChI is InChI=1S/C23H14F6N4O4/c24-22(25,26)21(23(27,28)29,15-13(11-7-3-1-4-8-11)17(34)32(30)19(15)36)16-14(12-9-5-2-6-10-12)18(35)33(31)20(16)37/h1-10H,30-31H2. The summed E-state index contributed by atoms with van der Waals surface area (Å²) in [4.78, 5) is 51.5. The van der Waals surface area contributed by atoms with E-state index in [-0.39, 0.29) is 0 Å². The molecule has 2 aliphatic heterocycles. The van der Waals surface area contributed by atoms with E-state index in [0.717, 1.165) is 24.3 Å². The minimum Gasteiger partial charge on any atom is -0.267 e. The molecule has 2 aromatic carbocycles. The molecule has 0 radical (unpaired) electrons. The maximum absolute atomic E-state index is 15.0. The number of alkyl halides is 6. The second-order valence-electron chi connectivity index (χ2n) is 7.94. The van der Waals surface area contributed by atoms with E-state index in [0.29, 0.717) is 0 Å². The van der Waals surface area contributed by atoms with Gasteiger partial charge in [-0.25, -0.2) is 21.7 Å². The van der Waals surface area contributed by atoms with Gasteiger partial charge in [-0.3, -0.25) is 19.2 Å². The van der Waals surface area contributed by atoms with Crippen molar-refractivity contribution in [3.05, 3.63) is 82.9 Å². The summed E-state index contributed by atoms with van der Waals surface area (Å²) in [5.41, 5.74) is -13.5. The zero-order valence-corrected chi connectivity index (χ0v) is 18.2. The Morgan fingerprint density at radius 3 is 1.08 bits per heavy atom. The van der Waals surface area contributed by atoms with Crippen molar-refractivity contribution in [1.29, 1.82) is 0 Å². The van der Waals surface area contributed by atoms with Gasteiger partial charge in [0.05, 0.1) is 22.3 Å². The highest BCUT2D eigenvalue weighted by Crippen LogP contribution is 2.64. The highest BCUT2D eigenvalue weighted by Gasteiger charge is 2.80. The average Bonchev–Trinajstić information content (AvgIpc) is 3.19. The second-order valence-corrected chi connectivity index (χ2v) is 7.94.